The van der Waals surface area contributed by atoms with Crippen molar-refractivity contribution in [2.24, 2.45) is 0 Å². The fourth-order valence-electron chi connectivity index (χ4n) is 3.16. The first-order chi connectivity index (χ1) is 11.7. The average Bonchev–Trinajstić information content (AvgIpc) is 2.98. The second-order valence-electron chi connectivity index (χ2n) is 6.86. The van der Waals surface area contributed by atoms with Gasteiger partial charge in [0, 0.05) is 37.7 Å². The van der Waals surface area contributed by atoms with Gasteiger partial charge in [-0.1, -0.05) is 0 Å². The number of rotatable bonds is 3. The zero-order valence-corrected chi connectivity index (χ0v) is 14.6. The molecule has 0 bridgehead atoms. The molecule has 0 unspecified atom stereocenters. The van der Waals surface area contributed by atoms with Gasteiger partial charge in [0.05, 0.1) is 17.1 Å². The number of carboxylic acids is 1. The summed E-state index contributed by atoms with van der Waals surface area (Å²) in [7, 11) is 0. The lowest BCUT2D eigenvalue weighted by Crippen LogP contribution is -2.50. The largest absolute Gasteiger partial charge is 0.479 e. The normalized spacial score (nSPS) is 17.2. The van der Waals surface area contributed by atoms with Crippen LogP contribution in [0.5, 0.6) is 0 Å². The number of aryl methyl sites for hydroxylation is 1. The Balaban J connectivity index is 1.92. The molecule has 134 valence electrons. The lowest BCUT2D eigenvalue weighted by Gasteiger charge is -2.35. The van der Waals surface area contributed by atoms with E-state index in [1.165, 1.54) is 0 Å². The van der Waals surface area contributed by atoms with Crippen LogP contribution >= 0.6 is 0 Å². The fourth-order valence-corrected chi connectivity index (χ4v) is 3.16. The molecule has 8 heteroatoms. The maximum atomic E-state index is 13.0. The fraction of sp³-hybridized carbons (Fsp3) is 0.529. The molecule has 1 fully saturated rings. The number of hydrogen-bond acceptors (Lipinski definition) is 5. The number of nitrogens with zero attached hydrogens (tertiary/aromatic N) is 4. The highest BCUT2D eigenvalue weighted by atomic mass is 16.4. The minimum absolute atomic E-state index is 0.0204. The van der Waals surface area contributed by atoms with E-state index in [0.29, 0.717) is 16.6 Å². The zero-order chi connectivity index (χ0) is 18.4. The first-order valence-electron chi connectivity index (χ1n) is 8.33. The molecule has 1 saturated heterocycles. The van der Waals surface area contributed by atoms with Crippen LogP contribution in [0.3, 0.4) is 0 Å². The molecule has 2 aromatic heterocycles. The van der Waals surface area contributed by atoms with E-state index < -0.39 is 11.6 Å². The first kappa shape index (κ1) is 17.3. The van der Waals surface area contributed by atoms with Crippen LogP contribution in [0.15, 0.2) is 12.3 Å². The monoisotopic (exact) mass is 346 g/mol. The summed E-state index contributed by atoms with van der Waals surface area (Å²) in [6.45, 7) is 6.21. The van der Waals surface area contributed by atoms with Gasteiger partial charge in [-0.05, 0) is 26.8 Å². The Kier molecular flexibility index (Phi) is 4.24. The van der Waals surface area contributed by atoms with Crippen LogP contribution in [0.1, 0.15) is 48.8 Å². The van der Waals surface area contributed by atoms with Crippen molar-refractivity contribution in [3.63, 3.8) is 0 Å². The number of carbonyl (C=O) groups excluding carboxylic acids is 1. The van der Waals surface area contributed by atoms with Gasteiger partial charge < -0.3 is 15.1 Å². The summed E-state index contributed by atoms with van der Waals surface area (Å²) in [6, 6.07) is 1.85. The van der Waals surface area contributed by atoms with Crippen molar-refractivity contribution in [3.05, 3.63) is 23.5 Å². The summed E-state index contributed by atoms with van der Waals surface area (Å²) in [5.41, 5.74) is 0.146. The van der Waals surface area contributed by atoms with Crippen LogP contribution in [0.2, 0.25) is 0 Å². The van der Waals surface area contributed by atoms with Crippen LogP contribution in [0, 0.1) is 6.92 Å². The van der Waals surface area contributed by atoms with E-state index in [1.807, 2.05) is 20.8 Å². The van der Waals surface area contributed by atoms with Crippen LogP contribution < -0.4 is 0 Å². The molecular weight excluding hydrogens is 324 g/mol. The maximum absolute atomic E-state index is 13.0. The maximum Gasteiger partial charge on any atom is 0.335 e. The van der Waals surface area contributed by atoms with Gasteiger partial charge in [0.1, 0.15) is 0 Å². The van der Waals surface area contributed by atoms with Crippen molar-refractivity contribution < 1.29 is 19.8 Å². The van der Waals surface area contributed by atoms with Gasteiger partial charge in [0.2, 0.25) is 0 Å². The van der Waals surface area contributed by atoms with Gasteiger partial charge in [-0.3, -0.25) is 4.79 Å². The van der Waals surface area contributed by atoms with Gasteiger partial charge in [-0.25, -0.2) is 14.5 Å². The Morgan fingerprint density at radius 1 is 1.28 bits per heavy atom. The lowest BCUT2D eigenvalue weighted by molar-refractivity contribution is -0.162. The minimum atomic E-state index is -1.75. The number of pyridine rings is 1. The second kappa shape index (κ2) is 6.11. The van der Waals surface area contributed by atoms with E-state index in [4.69, 9.17) is 5.11 Å². The number of carbonyl (C=O) groups is 2. The van der Waals surface area contributed by atoms with Crippen LogP contribution in [-0.2, 0) is 4.79 Å². The lowest BCUT2D eigenvalue weighted by atomic mass is 9.91. The molecule has 8 nitrogen and oxygen atoms in total. The van der Waals surface area contributed by atoms with Gasteiger partial charge in [-0.2, -0.15) is 5.10 Å². The summed E-state index contributed by atoms with van der Waals surface area (Å²) in [5, 5.41) is 24.2. The number of aromatic nitrogens is 3. The number of amides is 1. The Labute approximate surface area is 145 Å². The molecule has 0 saturated carbocycles. The van der Waals surface area contributed by atoms with Gasteiger partial charge in [-0.15, -0.1) is 0 Å². The highest BCUT2D eigenvalue weighted by molar-refractivity contribution is 6.05. The van der Waals surface area contributed by atoms with Crippen molar-refractivity contribution in [3.8, 4) is 0 Å². The van der Waals surface area contributed by atoms with Crippen molar-refractivity contribution >= 4 is 22.9 Å². The van der Waals surface area contributed by atoms with E-state index in [2.05, 4.69) is 10.1 Å². The molecular formula is C17H22N4O4. The number of carboxylic acid groups (broad SMARTS) is 1. The van der Waals surface area contributed by atoms with Crippen LogP contribution in [0.4, 0.5) is 0 Å². The summed E-state index contributed by atoms with van der Waals surface area (Å²) in [4.78, 5) is 30.2. The predicted octanol–water partition coefficient (Wildman–Crippen LogP) is 1.37. The molecule has 0 radical (unpaired) electrons. The van der Waals surface area contributed by atoms with E-state index in [-0.39, 0.29) is 37.9 Å². The van der Waals surface area contributed by atoms with Gasteiger partial charge in [0.15, 0.2) is 11.2 Å². The van der Waals surface area contributed by atoms with Gasteiger partial charge in [0.25, 0.3) is 5.91 Å². The van der Waals surface area contributed by atoms with Gasteiger partial charge >= 0.3 is 5.97 Å². The van der Waals surface area contributed by atoms with E-state index >= 15 is 0 Å². The average molecular weight is 346 g/mol. The van der Waals surface area contributed by atoms with E-state index in [9.17, 15) is 14.7 Å². The summed E-state index contributed by atoms with van der Waals surface area (Å²) in [6.07, 6.45) is 1.69. The minimum Gasteiger partial charge on any atom is -0.479 e. The van der Waals surface area contributed by atoms with Crippen LogP contribution in [-0.4, -0.2) is 60.4 Å². The SMILES string of the molecule is Cc1cc(C(=O)N2CCC(O)(C(=O)O)CC2)c2cnn(C(C)C)c2n1. The third kappa shape index (κ3) is 2.97. The molecule has 0 spiro atoms. The number of aliphatic carboxylic acids is 1. The van der Waals surface area contributed by atoms with Crippen molar-refractivity contribution in [2.75, 3.05) is 13.1 Å². The molecule has 0 aliphatic carbocycles. The molecule has 2 aromatic rings. The molecule has 1 amide bonds. The number of fused-ring (bicyclic) bond motifs is 1. The van der Waals surface area contributed by atoms with Crippen molar-refractivity contribution in [1.82, 2.24) is 19.7 Å². The summed E-state index contributed by atoms with van der Waals surface area (Å²) < 4.78 is 1.78. The number of likely N-dealkylation sites (tertiary alicyclic amines) is 1. The predicted molar refractivity (Wildman–Crippen MR) is 90.4 cm³/mol. The Hall–Kier alpha value is -2.48. The number of piperidine rings is 1. The standard InChI is InChI=1S/C17H22N4O4/c1-10(2)21-14-13(9-18-21)12(8-11(3)19-14)15(22)20-6-4-17(25,5-7-20)16(23)24/h8-10,25H,4-7H2,1-3H3,(H,23,24). The Morgan fingerprint density at radius 3 is 2.48 bits per heavy atom. The third-order valence-corrected chi connectivity index (χ3v) is 4.69. The van der Waals surface area contributed by atoms with Crippen LogP contribution in [0.25, 0.3) is 11.0 Å². The molecule has 2 N–H and O–H groups in total. The number of aliphatic hydroxyl groups is 1. The molecule has 1 aliphatic heterocycles. The summed E-state index contributed by atoms with van der Waals surface area (Å²) >= 11 is 0. The Morgan fingerprint density at radius 2 is 1.92 bits per heavy atom. The topological polar surface area (TPSA) is 109 Å². The smallest absolute Gasteiger partial charge is 0.335 e. The molecule has 3 heterocycles. The first-order valence-corrected chi connectivity index (χ1v) is 8.33. The molecule has 0 aromatic carbocycles. The van der Waals surface area contributed by atoms with Crippen molar-refractivity contribution in [1.29, 1.82) is 0 Å². The third-order valence-electron chi connectivity index (χ3n) is 4.69. The second-order valence-corrected chi connectivity index (χ2v) is 6.86. The zero-order valence-electron chi connectivity index (χ0n) is 14.6. The molecule has 0 atom stereocenters. The molecule has 3 rings (SSSR count). The Bertz CT molecular complexity index is 835. The van der Waals surface area contributed by atoms with E-state index in [1.54, 1.807) is 21.8 Å². The molecule has 25 heavy (non-hydrogen) atoms. The van der Waals surface area contributed by atoms with E-state index in [0.717, 1.165) is 5.69 Å². The molecule has 1 aliphatic rings. The highest BCUT2D eigenvalue weighted by Gasteiger charge is 2.40. The number of hydrogen-bond donors (Lipinski definition) is 2. The quantitative estimate of drug-likeness (QED) is 0.869. The highest BCUT2D eigenvalue weighted by Crippen LogP contribution is 2.26. The van der Waals surface area contributed by atoms with Crippen molar-refractivity contribution in [2.45, 2.75) is 45.3 Å². The summed E-state index contributed by atoms with van der Waals surface area (Å²) in [5.74, 6) is -1.42.